The molecule has 2 aromatic carbocycles. The van der Waals surface area contributed by atoms with Gasteiger partial charge in [0.05, 0.1) is 18.0 Å². The molecular formula is C23H24ClN5O2S. The second kappa shape index (κ2) is 8.61. The summed E-state index contributed by atoms with van der Waals surface area (Å²) in [5.41, 5.74) is 2.27. The van der Waals surface area contributed by atoms with Gasteiger partial charge in [-0.15, -0.1) is 5.10 Å². The van der Waals surface area contributed by atoms with Crippen LogP contribution in [0.1, 0.15) is 22.3 Å². The van der Waals surface area contributed by atoms with Crippen LogP contribution in [0.25, 0.3) is 4.96 Å². The molecule has 0 spiro atoms. The summed E-state index contributed by atoms with van der Waals surface area (Å²) in [6, 6.07) is 15.9. The first-order valence-corrected chi connectivity index (χ1v) is 11.7. The molecule has 166 valence electrons. The van der Waals surface area contributed by atoms with Gasteiger partial charge in [-0.25, -0.2) is 4.98 Å². The number of nitrogens with zero attached hydrogens (tertiary/aromatic N) is 5. The first-order valence-electron chi connectivity index (χ1n) is 10.5. The molecular weight excluding hydrogens is 446 g/mol. The SMILES string of the molecule is COc1ccc(N2CCN([C@@H](c3ccc(Cl)cc3)c3sc4nc(C)nn4c3O)CC2)cc1. The molecule has 4 aromatic rings. The predicted octanol–water partition coefficient (Wildman–Crippen LogP) is 4.38. The number of hydrogen-bond donors (Lipinski definition) is 1. The summed E-state index contributed by atoms with van der Waals surface area (Å²) < 4.78 is 6.81. The van der Waals surface area contributed by atoms with Crippen LogP contribution in [0, 0.1) is 6.92 Å². The van der Waals surface area contributed by atoms with Crippen molar-refractivity contribution in [1.29, 1.82) is 0 Å². The van der Waals surface area contributed by atoms with E-state index < -0.39 is 0 Å². The molecule has 0 amide bonds. The Bertz CT molecular complexity index is 1210. The highest BCUT2D eigenvalue weighted by Gasteiger charge is 2.31. The fourth-order valence-electron chi connectivity index (χ4n) is 4.23. The molecule has 0 bridgehead atoms. The fraction of sp³-hybridized carbons (Fsp3) is 0.304. The Kier molecular flexibility index (Phi) is 5.67. The summed E-state index contributed by atoms with van der Waals surface area (Å²) in [7, 11) is 1.68. The number of aromatic hydroxyl groups is 1. The summed E-state index contributed by atoms with van der Waals surface area (Å²) in [6.45, 7) is 5.30. The highest BCUT2D eigenvalue weighted by Crippen LogP contribution is 2.40. The lowest BCUT2D eigenvalue weighted by atomic mass is 10.0. The number of aryl methyl sites for hydroxylation is 1. The van der Waals surface area contributed by atoms with Gasteiger partial charge in [0.25, 0.3) is 0 Å². The van der Waals surface area contributed by atoms with Crippen LogP contribution in [-0.4, -0.2) is 57.9 Å². The second-order valence-corrected chi connectivity index (χ2v) is 9.26. The van der Waals surface area contributed by atoms with Gasteiger partial charge in [-0.2, -0.15) is 4.52 Å². The van der Waals surface area contributed by atoms with Crippen LogP contribution in [0.2, 0.25) is 5.02 Å². The zero-order chi connectivity index (χ0) is 22.2. The van der Waals surface area contributed by atoms with Crippen LogP contribution < -0.4 is 9.64 Å². The molecule has 32 heavy (non-hydrogen) atoms. The third-order valence-corrected chi connectivity index (χ3v) is 7.18. The van der Waals surface area contributed by atoms with Gasteiger partial charge in [-0.05, 0) is 48.9 Å². The van der Waals surface area contributed by atoms with E-state index in [1.807, 2.05) is 43.3 Å². The first-order chi connectivity index (χ1) is 15.5. The van der Waals surface area contributed by atoms with E-state index in [2.05, 4.69) is 32.0 Å². The Morgan fingerprint density at radius 3 is 2.34 bits per heavy atom. The predicted molar refractivity (Wildman–Crippen MR) is 127 cm³/mol. The summed E-state index contributed by atoms with van der Waals surface area (Å²) in [5.74, 6) is 1.66. The van der Waals surface area contributed by atoms with E-state index in [1.165, 1.54) is 21.5 Å². The number of hydrogen-bond acceptors (Lipinski definition) is 7. The van der Waals surface area contributed by atoms with Gasteiger partial charge in [0.2, 0.25) is 10.8 Å². The fourth-order valence-corrected chi connectivity index (χ4v) is 5.52. The van der Waals surface area contributed by atoms with Crippen LogP contribution in [0.15, 0.2) is 48.5 Å². The van der Waals surface area contributed by atoms with E-state index in [-0.39, 0.29) is 11.9 Å². The molecule has 0 radical (unpaired) electrons. The quantitative estimate of drug-likeness (QED) is 0.468. The maximum atomic E-state index is 11.0. The summed E-state index contributed by atoms with van der Waals surface area (Å²) in [5, 5.41) is 16.0. The Morgan fingerprint density at radius 1 is 1.03 bits per heavy atom. The summed E-state index contributed by atoms with van der Waals surface area (Å²) in [6.07, 6.45) is 0. The molecule has 3 heterocycles. The average Bonchev–Trinajstić information content (AvgIpc) is 3.33. The van der Waals surface area contributed by atoms with E-state index in [4.69, 9.17) is 16.3 Å². The lowest BCUT2D eigenvalue weighted by Crippen LogP contribution is -2.47. The molecule has 1 aliphatic heterocycles. The Balaban J connectivity index is 1.44. The molecule has 2 aromatic heterocycles. The van der Waals surface area contributed by atoms with Crippen molar-refractivity contribution < 1.29 is 9.84 Å². The average molecular weight is 470 g/mol. The largest absolute Gasteiger partial charge is 0.497 e. The molecule has 0 unspecified atom stereocenters. The first kappa shape index (κ1) is 21.1. The van der Waals surface area contributed by atoms with E-state index in [0.29, 0.717) is 15.8 Å². The lowest BCUT2D eigenvalue weighted by Gasteiger charge is -2.40. The molecule has 1 aliphatic rings. The van der Waals surface area contributed by atoms with Crippen LogP contribution in [-0.2, 0) is 0 Å². The number of rotatable bonds is 5. The van der Waals surface area contributed by atoms with E-state index in [0.717, 1.165) is 42.4 Å². The summed E-state index contributed by atoms with van der Waals surface area (Å²) >= 11 is 7.64. The smallest absolute Gasteiger partial charge is 0.230 e. The molecule has 1 saturated heterocycles. The molecule has 0 aliphatic carbocycles. The van der Waals surface area contributed by atoms with Crippen LogP contribution in [0.3, 0.4) is 0 Å². The van der Waals surface area contributed by atoms with Crippen molar-refractivity contribution in [2.75, 3.05) is 38.2 Å². The molecule has 0 saturated carbocycles. The highest BCUT2D eigenvalue weighted by molar-refractivity contribution is 7.17. The van der Waals surface area contributed by atoms with Crippen molar-refractivity contribution in [1.82, 2.24) is 19.5 Å². The van der Waals surface area contributed by atoms with Crippen molar-refractivity contribution in [2.24, 2.45) is 0 Å². The van der Waals surface area contributed by atoms with Crippen molar-refractivity contribution in [2.45, 2.75) is 13.0 Å². The molecule has 1 N–H and O–H groups in total. The van der Waals surface area contributed by atoms with Crippen molar-refractivity contribution >= 4 is 33.6 Å². The highest BCUT2D eigenvalue weighted by atomic mass is 35.5. The molecule has 1 atom stereocenters. The van der Waals surface area contributed by atoms with Gasteiger partial charge in [0.15, 0.2) is 0 Å². The number of methoxy groups -OCH3 is 1. The molecule has 1 fully saturated rings. The van der Waals surface area contributed by atoms with Crippen molar-refractivity contribution in [3.8, 4) is 11.6 Å². The number of anilines is 1. The monoisotopic (exact) mass is 469 g/mol. The van der Waals surface area contributed by atoms with Gasteiger partial charge in [0, 0.05) is 36.9 Å². The minimum absolute atomic E-state index is 0.0981. The lowest BCUT2D eigenvalue weighted by molar-refractivity contribution is 0.211. The van der Waals surface area contributed by atoms with E-state index >= 15 is 0 Å². The van der Waals surface area contributed by atoms with Crippen LogP contribution in [0.5, 0.6) is 11.6 Å². The Labute approximate surface area is 195 Å². The van der Waals surface area contributed by atoms with Gasteiger partial charge in [-0.3, -0.25) is 4.90 Å². The maximum absolute atomic E-state index is 11.0. The number of aromatic nitrogens is 3. The number of piperazine rings is 1. The third-order valence-electron chi connectivity index (χ3n) is 5.86. The second-order valence-electron chi connectivity index (χ2n) is 7.82. The standard InChI is InChI=1S/C23H24ClN5O2S/c1-15-25-23-29(26-15)22(30)21(32-23)20(16-3-5-17(24)6-4-16)28-13-11-27(12-14-28)18-7-9-19(31-2)10-8-18/h3-10,20,30H,11-14H2,1-2H3/t20-/m0/s1. The molecule has 5 rings (SSSR count). The van der Waals surface area contributed by atoms with Crippen LogP contribution in [0.4, 0.5) is 5.69 Å². The van der Waals surface area contributed by atoms with Crippen LogP contribution >= 0.6 is 22.9 Å². The minimum Gasteiger partial charge on any atom is -0.497 e. The third kappa shape index (κ3) is 3.90. The van der Waals surface area contributed by atoms with Gasteiger partial charge in [0.1, 0.15) is 11.6 Å². The Morgan fingerprint density at radius 2 is 1.72 bits per heavy atom. The summed E-state index contributed by atoms with van der Waals surface area (Å²) in [4.78, 5) is 10.8. The number of benzene rings is 2. The topological polar surface area (TPSA) is 66.1 Å². The Hall–Kier alpha value is -2.81. The maximum Gasteiger partial charge on any atom is 0.230 e. The minimum atomic E-state index is -0.0981. The number of fused-ring (bicyclic) bond motifs is 1. The van der Waals surface area contributed by atoms with Gasteiger partial charge < -0.3 is 14.7 Å². The number of thiazole rings is 1. The van der Waals surface area contributed by atoms with Gasteiger partial charge in [-0.1, -0.05) is 35.1 Å². The number of ether oxygens (including phenoxy) is 1. The zero-order valence-electron chi connectivity index (χ0n) is 17.9. The number of halogens is 1. The zero-order valence-corrected chi connectivity index (χ0v) is 19.5. The normalized spacial score (nSPS) is 15.9. The van der Waals surface area contributed by atoms with E-state index in [1.54, 1.807) is 7.11 Å². The molecule has 9 heteroatoms. The van der Waals surface area contributed by atoms with E-state index in [9.17, 15) is 5.11 Å². The van der Waals surface area contributed by atoms with Crippen molar-refractivity contribution in [3.63, 3.8) is 0 Å². The van der Waals surface area contributed by atoms with Crippen molar-refractivity contribution in [3.05, 3.63) is 69.8 Å². The molecule has 7 nitrogen and oxygen atoms in total. The van der Waals surface area contributed by atoms with Gasteiger partial charge >= 0.3 is 0 Å².